The highest BCUT2D eigenvalue weighted by Gasteiger charge is 2.21. The number of aliphatic carboxylic acids is 1. The number of aryl methyl sites for hydroxylation is 2. The molecule has 0 spiro atoms. The molecule has 0 saturated carbocycles. The third kappa shape index (κ3) is 4.91. The molecule has 7 heteroatoms. The fourth-order valence-electron chi connectivity index (χ4n) is 1.76. The predicted molar refractivity (Wildman–Crippen MR) is 72.3 cm³/mol. The molecule has 3 N–H and O–H groups in total. The third-order valence-corrected chi connectivity index (χ3v) is 3.02. The zero-order valence-corrected chi connectivity index (χ0v) is 12.2. The first kappa shape index (κ1) is 16.0. The Morgan fingerprint density at radius 1 is 1.35 bits per heavy atom. The highest BCUT2D eigenvalue weighted by Crippen LogP contribution is 2.13. The number of nitrogens with one attached hydrogen (secondary N) is 2. The van der Waals surface area contributed by atoms with Crippen molar-refractivity contribution in [2.45, 2.75) is 52.6 Å². The maximum atomic E-state index is 11.8. The van der Waals surface area contributed by atoms with Gasteiger partial charge in [-0.2, -0.15) is 0 Å². The summed E-state index contributed by atoms with van der Waals surface area (Å²) >= 11 is 0. The van der Waals surface area contributed by atoms with E-state index < -0.39 is 11.5 Å². The van der Waals surface area contributed by atoms with E-state index in [2.05, 4.69) is 15.8 Å². The van der Waals surface area contributed by atoms with Gasteiger partial charge in [-0.1, -0.05) is 5.16 Å². The van der Waals surface area contributed by atoms with E-state index in [4.69, 9.17) is 9.63 Å². The summed E-state index contributed by atoms with van der Waals surface area (Å²) in [7, 11) is 0. The van der Waals surface area contributed by atoms with E-state index in [0.717, 1.165) is 11.3 Å². The van der Waals surface area contributed by atoms with Crippen molar-refractivity contribution in [1.82, 2.24) is 15.8 Å². The number of carbonyl (C=O) groups excluding carboxylic acids is 1. The molecule has 1 aromatic rings. The number of hydrogen-bond acceptors (Lipinski definition) is 4. The highest BCUT2D eigenvalue weighted by atomic mass is 16.5. The molecule has 7 nitrogen and oxygen atoms in total. The van der Waals surface area contributed by atoms with E-state index >= 15 is 0 Å². The first-order valence-electron chi connectivity index (χ1n) is 6.41. The first-order valence-corrected chi connectivity index (χ1v) is 6.41. The van der Waals surface area contributed by atoms with Gasteiger partial charge in [0.1, 0.15) is 5.76 Å². The fraction of sp³-hybridized carbons (Fsp3) is 0.615. The number of carboxylic acid groups (broad SMARTS) is 1. The molecule has 2 amide bonds. The lowest BCUT2D eigenvalue weighted by atomic mass is 9.99. The van der Waals surface area contributed by atoms with E-state index in [-0.39, 0.29) is 12.5 Å². The molecular formula is C13H21N3O4. The summed E-state index contributed by atoms with van der Waals surface area (Å²) in [5, 5.41) is 17.9. The second kappa shape index (κ2) is 6.40. The molecule has 1 heterocycles. The van der Waals surface area contributed by atoms with Gasteiger partial charge in [0, 0.05) is 24.1 Å². The minimum Gasteiger partial charge on any atom is -0.481 e. The number of nitrogens with zero attached hydrogens (tertiary/aromatic N) is 1. The van der Waals surface area contributed by atoms with E-state index in [1.807, 2.05) is 6.92 Å². The van der Waals surface area contributed by atoms with Crippen LogP contribution < -0.4 is 10.6 Å². The molecule has 1 aromatic heterocycles. The Labute approximate surface area is 117 Å². The van der Waals surface area contributed by atoms with Crippen LogP contribution in [0.3, 0.4) is 0 Å². The molecule has 0 unspecified atom stereocenters. The lowest BCUT2D eigenvalue weighted by molar-refractivity contribution is -0.137. The average molecular weight is 283 g/mol. The number of carboxylic acids is 1. The van der Waals surface area contributed by atoms with Crippen LogP contribution in [-0.2, 0) is 11.3 Å². The largest absolute Gasteiger partial charge is 0.481 e. The normalized spacial score (nSPS) is 11.2. The van der Waals surface area contributed by atoms with Crippen molar-refractivity contribution in [2.24, 2.45) is 0 Å². The minimum atomic E-state index is -0.879. The highest BCUT2D eigenvalue weighted by molar-refractivity contribution is 5.75. The Hall–Kier alpha value is -2.05. The maximum Gasteiger partial charge on any atom is 0.315 e. The Morgan fingerprint density at radius 3 is 2.50 bits per heavy atom. The zero-order chi connectivity index (χ0) is 15.3. The van der Waals surface area contributed by atoms with Crippen molar-refractivity contribution in [1.29, 1.82) is 0 Å². The molecule has 0 atom stereocenters. The quantitative estimate of drug-likeness (QED) is 0.737. The second-order valence-corrected chi connectivity index (χ2v) is 5.39. The smallest absolute Gasteiger partial charge is 0.315 e. The van der Waals surface area contributed by atoms with Crippen LogP contribution in [0.5, 0.6) is 0 Å². The molecule has 0 aliphatic carbocycles. The predicted octanol–water partition coefficient (Wildman–Crippen LogP) is 1.73. The molecule has 0 aliphatic rings. The molecule has 20 heavy (non-hydrogen) atoms. The van der Waals surface area contributed by atoms with Gasteiger partial charge in [0.2, 0.25) is 0 Å². The van der Waals surface area contributed by atoms with Crippen LogP contribution in [0.15, 0.2) is 4.52 Å². The Morgan fingerprint density at radius 2 is 2.00 bits per heavy atom. The summed E-state index contributed by atoms with van der Waals surface area (Å²) in [6, 6.07) is -0.347. The van der Waals surface area contributed by atoms with Gasteiger partial charge < -0.3 is 20.3 Å². The van der Waals surface area contributed by atoms with Crippen LogP contribution in [0, 0.1) is 13.8 Å². The van der Waals surface area contributed by atoms with Crippen molar-refractivity contribution in [3.8, 4) is 0 Å². The monoisotopic (exact) mass is 283 g/mol. The molecular weight excluding hydrogens is 262 g/mol. The SMILES string of the molecule is Cc1noc(C)c1CNC(=O)NC(C)(C)CCC(=O)O. The third-order valence-electron chi connectivity index (χ3n) is 3.02. The van der Waals surface area contributed by atoms with Gasteiger partial charge in [-0.05, 0) is 34.1 Å². The maximum absolute atomic E-state index is 11.8. The van der Waals surface area contributed by atoms with Gasteiger partial charge in [0.05, 0.1) is 5.69 Å². The number of hydrogen-bond donors (Lipinski definition) is 3. The Bertz CT molecular complexity index is 474. The van der Waals surface area contributed by atoms with Crippen molar-refractivity contribution in [3.63, 3.8) is 0 Å². The first-order chi connectivity index (χ1) is 9.21. The van der Waals surface area contributed by atoms with Crippen molar-refractivity contribution in [3.05, 3.63) is 17.0 Å². The van der Waals surface area contributed by atoms with E-state index in [1.165, 1.54) is 0 Å². The van der Waals surface area contributed by atoms with Gasteiger partial charge in [-0.15, -0.1) is 0 Å². The van der Waals surface area contributed by atoms with Crippen molar-refractivity contribution in [2.75, 3.05) is 0 Å². The van der Waals surface area contributed by atoms with Crippen LogP contribution in [0.25, 0.3) is 0 Å². The number of urea groups is 1. The number of aromatic nitrogens is 1. The standard InChI is InChI=1S/C13H21N3O4/c1-8-10(9(2)20-16-8)7-14-12(19)15-13(3,4)6-5-11(17)18/h5-7H2,1-4H3,(H,17,18)(H2,14,15,19). The van der Waals surface area contributed by atoms with Crippen LogP contribution in [-0.4, -0.2) is 27.8 Å². The summed E-state index contributed by atoms with van der Waals surface area (Å²) in [5.74, 6) is -0.205. The summed E-state index contributed by atoms with van der Waals surface area (Å²) < 4.78 is 5.01. The molecule has 0 bridgehead atoms. The minimum absolute atomic E-state index is 0.0111. The topological polar surface area (TPSA) is 104 Å². The summed E-state index contributed by atoms with van der Waals surface area (Å²) in [6.45, 7) is 7.48. The lowest BCUT2D eigenvalue weighted by Crippen LogP contribution is -2.48. The number of rotatable bonds is 6. The molecule has 0 aliphatic heterocycles. The molecule has 1 rings (SSSR count). The fourth-order valence-corrected chi connectivity index (χ4v) is 1.76. The van der Waals surface area contributed by atoms with Gasteiger partial charge in [0.15, 0.2) is 0 Å². The molecule has 0 aromatic carbocycles. The zero-order valence-electron chi connectivity index (χ0n) is 12.2. The molecule has 0 radical (unpaired) electrons. The average Bonchev–Trinajstić information content (AvgIpc) is 2.64. The number of amides is 2. The summed E-state index contributed by atoms with van der Waals surface area (Å²) in [6.07, 6.45) is 0.373. The van der Waals surface area contributed by atoms with Gasteiger partial charge in [-0.3, -0.25) is 4.79 Å². The Balaban J connectivity index is 2.45. The van der Waals surface area contributed by atoms with Gasteiger partial charge in [0.25, 0.3) is 0 Å². The van der Waals surface area contributed by atoms with E-state index in [0.29, 0.717) is 18.7 Å². The second-order valence-electron chi connectivity index (χ2n) is 5.39. The number of carbonyl (C=O) groups is 2. The van der Waals surface area contributed by atoms with Crippen molar-refractivity contribution >= 4 is 12.0 Å². The Kier molecular flexibility index (Phi) is 5.12. The van der Waals surface area contributed by atoms with Crippen LogP contribution in [0.2, 0.25) is 0 Å². The van der Waals surface area contributed by atoms with E-state index in [1.54, 1.807) is 20.8 Å². The van der Waals surface area contributed by atoms with Crippen molar-refractivity contribution < 1.29 is 19.2 Å². The molecule has 0 saturated heterocycles. The van der Waals surface area contributed by atoms with Crippen LogP contribution in [0.1, 0.15) is 43.7 Å². The molecule has 112 valence electrons. The lowest BCUT2D eigenvalue weighted by Gasteiger charge is -2.25. The van der Waals surface area contributed by atoms with Crippen LogP contribution >= 0.6 is 0 Å². The summed E-state index contributed by atoms with van der Waals surface area (Å²) in [5.41, 5.74) is 1.01. The van der Waals surface area contributed by atoms with E-state index in [9.17, 15) is 9.59 Å². The summed E-state index contributed by atoms with van der Waals surface area (Å²) in [4.78, 5) is 22.3. The van der Waals surface area contributed by atoms with Gasteiger partial charge in [-0.25, -0.2) is 4.79 Å². The van der Waals surface area contributed by atoms with Crippen LogP contribution in [0.4, 0.5) is 4.79 Å². The van der Waals surface area contributed by atoms with Gasteiger partial charge >= 0.3 is 12.0 Å². The molecule has 0 fully saturated rings.